The van der Waals surface area contributed by atoms with Gasteiger partial charge in [-0.3, -0.25) is 0 Å². The number of aryl methyl sites for hydroxylation is 2. The predicted molar refractivity (Wildman–Crippen MR) is 205 cm³/mol. The van der Waals surface area contributed by atoms with E-state index in [0.29, 0.717) is 0 Å². The molecule has 2 aliphatic rings. The first kappa shape index (κ1) is 31.0. The van der Waals surface area contributed by atoms with Gasteiger partial charge in [-0.25, -0.2) is 0 Å². The molecule has 0 fully saturated rings. The molecule has 0 saturated heterocycles. The average molecular weight is 649 g/mol. The van der Waals surface area contributed by atoms with E-state index in [-0.39, 0.29) is 16.2 Å². The van der Waals surface area contributed by atoms with Crippen LogP contribution in [0.15, 0.2) is 103 Å². The topological polar surface area (TPSA) is 8.17 Å². The first-order valence-electron chi connectivity index (χ1n) is 17.4. The van der Waals surface area contributed by atoms with Crippen molar-refractivity contribution in [2.75, 3.05) is 4.90 Å². The van der Waals surface area contributed by atoms with Gasteiger partial charge in [-0.2, -0.15) is 0 Å². The molecular formula is C45H45ClN2. The molecule has 0 N–H and O–H groups in total. The van der Waals surface area contributed by atoms with Crippen LogP contribution in [0.2, 0.25) is 5.02 Å². The summed E-state index contributed by atoms with van der Waals surface area (Å²) < 4.78 is 2.51. The minimum absolute atomic E-state index is 0.0931. The fourth-order valence-electron chi connectivity index (χ4n) is 8.76. The van der Waals surface area contributed by atoms with Crippen molar-refractivity contribution >= 4 is 39.6 Å². The summed E-state index contributed by atoms with van der Waals surface area (Å²) in [7, 11) is 0. The summed E-state index contributed by atoms with van der Waals surface area (Å²) in [5.74, 6) is 0. The molecule has 0 aliphatic heterocycles. The van der Waals surface area contributed by atoms with Crippen LogP contribution in [-0.4, -0.2) is 4.57 Å². The normalized spacial score (nSPS) is 16.8. The van der Waals surface area contributed by atoms with Gasteiger partial charge in [-0.15, -0.1) is 0 Å². The quantitative estimate of drug-likeness (QED) is 0.185. The molecule has 0 spiro atoms. The molecule has 0 saturated carbocycles. The van der Waals surface area contributed by atoms with Crippen molar-refractivity contribution in [3.05, 3.63) is 142 Å². The van der Waals surface area contributed by atoms with Gasteiger partial charge in [0.25, 0.3) is 0 Å². The summed E-state index contributed by atoms with van der Waals surface area (Å²) in [5, 5.41) is 2.05. The van der Waals surface area contributed by atoms with Gasteiger partial charge in [-0.05, 0) is 119 Å². The largest absolute Gasteiger partial charge is 0.310 e. The molecule has 48 heavy (non-hydrogen) atoms. The zero-order valence-electron chi connectivity index (χ0n) is 29.5. The number of nitrogens with zero attached hydrogens (tertiary/aromatic N) is 2. The number of halogens is 1. The summed E-state index contributed by atoms with van der Waals surface area (Å²) in [6.07, 6.45) is 2.37. The summed E-state index contributed by atoms with van der Waals surface area (Å²) in [6.45, 7) is 18.9. The third kappa shape index (κ3) is 4.60. The Bertz CT molecular complexity index is 2260. The SMILES string of the molecule is Cc1cc(N(c2cccc(Cl)c2)c2cc3c(cc2C)C(C)(C)CCC3(C)C)cc(-n2c3c(c4ccccc42)C(C)(C)c2ccccc2-3)c1. The molecule has 1 heterocycles. The predicted octanol–water partition coefficient (Wildman–Crippen LogP) is 13.0. The Kier molecular flexibility index (Phi) is 6.86. The van der Waals surface area contributed by atoms with Crippen LogP contribution >= 0.6 is 11.6 Å². The first-order valence-corrected chi connectivity index (χ1v) is 17.7. The smallest absolute Gasteiger partial charge is 0.0585 e. The van der Waals surface area contributed by atoms with E-state index < -0.39 is 0 Å². The second-order valence-corrected chi connectivity index (χ2v) is 16.5. The van der Waals surface area contributed by atoms with Gasteiger partial charge in [0, 0.05) is 44.1 Å². The monoisotopic (exact) mass is 648 g/mol. The Morgan fingerprint density at radius 2 is 1.33 bits per heavy atom. The number of rotatable bonds is 4. The molecule has 2 nitrogen and oxygen atoms in total. The molecule has 0 amide bonds. The van der Waals surface area contributed by atoms with Crippen LogP contribution in [-0.2, 0) is 16.2 Å². The van der Waals surface area contributed by atoms with Crippen molar-refractivity contribution < 1.29 is 0 Å². The number of hydrogen-bond donors (Lipinski definition) is 0. The van der Waals surface area contributed by atoms with E-state index in [0.717, 1.165) is 16.4 Å². The first-order chi connectivity index (χ1) is 22.8. The van der Waals surface area contributed by atoms with E-state index in [1.54, 1.807) is 0 Å². The van der Waals surface area contributed by atoms with Crippen LogP contribution in [0, 0.1) is 13.8 Å². The Hall–Kier alpha value is -4.27. The second-order valence-electron chi connectivity index (χ2n) is 16.0. The molecule has 3 heteroatoms. The number of para-hydroxylation sites is 1. The van der Waals surface area contributed by atoms with E-state index in [4.69, 9.17) is 11.6 Å². The number of benzene rings is 5. The lowest BCUT2D eigenvalue weighted by molar-refractivity contribution is 0.332. The molecule has 0 atom stereocenters. The summed E-state index contributed by atoms with van der Waals surface area (Å²) in [5.41, 5.74) is 16.8. The van der Waals surface area contributed by atoms with Crippen LogP contribution in [0.25, 0.3) is 27.8 Å². The summed E-state index contributed by atoms with van der Waals surface area (Å²) >= 11 is 6.72. The van der Waals surface area contributed by atoms with Gasteiger partial charge < -0.3 is 9.47 Å². The highest BCUT2D eigenvalue weighted by molar-refractivity contribution is 6.30. The molecule has 1 aromatic heterocycles. The Labute approximate surface area is 291 Å². The lowest BCUT2D eigenvalue weighted by atomic mass is 9.63. The molecule has 8 rings (SSSR count). The molecule has 0 bridgehead atoms. The highest BCUT2D eigenvalue weighted by Gasteiger charge is 2.41. The van der Waals surface area contributed by atoms with E-state index in [1.807, 2.05) is 6.07 Å². The molecule has 6 aromatic rings. The number of fused-ring (bicyclic) bond motifs is 6. The minimum atomic E-state index is -0.100. The standard InChI is InChI=1S/C45H45ClN2/c1-28-22-32(26-33(23-28)48-39-19-12-10-17-35(39)41-42(48)34-16-9-11-18-36(34)45(41,7)8)47(31-15-13-14-30(46)25-31)40-27-38-37(24-29(40)2)43(3,4)20-21-44(38,5)6/h9-19,22-27H,20-21H2,1-8H3. The van der Waals surface area contributed by atoms with Crippen LogP contribution in [0.4, 0.5) is 17.1 Å². The highest BCUT2D eigenvalue weighted by Crippen LogP contribution is 2.54. The van der Waals surface area contributed by atoms with E-state index >= 15 is 0 Å². The van der Waals surface area contributed by atoms with E-state index in [1.165, 1.54) is 79.8 Å². The lowest BCUT2D eigenvalue weighted by Crippen LogP contribution is -2.34. The van der Waals surface area contributed by atoms with Crippen LogP contribution in [0.3, 0.4) is 0 Å². The maximum Gasteiger partial charge on any atom is 0.0585 e. The van der Waals surface area contributed by atoms with Crippen LogP contribution in [0.1, 0.15) is 87.8 Å². The van der Waals surface area contributed by atoms with Crippen LogP contribution in [0.5, 0.6) is 0 Å². The Morgan fingerprint density at radius 1 is 0.646 bits per heavy atom. The molecule has 2 aliphatic carbocycles. The zero-order chi connectivity index (χ0) is 33.7. The lowest BCUT2D eigenvalue weighted by Gasteiger charge is -2.43. The zero-order valence-corrected chi connectivity index (χ0v) is 30.3. The average Bonchev–Trinajstić information content (AvgIpc) is 3.51. The van der Waals surface area contributed by atoms with Gasteiger partial charge in [-0.1, -0.05) is 108 Å². The number of aromatic nitrogens is 1. The Morgan fingerprint density at radius 3 is 2.08 bits per heavy atom. The maximum absolute atomic E-state index is 6.72. The molecule has 0 unspecified atom stereocenters. The molecular weight excluding hydrogens is 604 g/mol. The second kappa shape index (κ2) is 10.6. The van der Waals surface area contributed by atoms with Gasteiger partial charge in [0.05, 0.1) is 11.2 Å². The fraction of sp³-hybridized carbons (Fsp3) is 0.289. The number of anilines is 3. The van der Waals surface area contributed by atoms with E-state index in [2.05, 4.69) is 162 Å². The van der Waals surface area contributed by atoms with Crippen molar-refractivity contribution in [2.24, 2.45) is 0 Å². The van der Waals surface area contributed by atoms with Gasteiger partial charge in [0.15, 0.2) is 0 Å². The van der Waals surface area contributed by atoms with Crippen molar-refractivity contribution in [3.8, 4) is 16.9 Å². The van der Waals surface area contributed by atoms with Gasteiger partial charge in [0.1, 0.15) is 0 Å². The summed E-state index contributed by atoms with van der Waals surface area (Å²) in [4.78, 5) is 2.43. The molecule has 242 valence electrons. The van der Waals surface area contributed by atoms with Crippen molar-refractivity contribution in [2.45, 2.75) is 84.5 Å². The van der Waals surface area contributed by atoms with Crippen molar-refractivity contribution in [1.82, 2.24) is 4.57 Å². The molecule has 0 radical (unpaired) electrons. The maximum atomic E-state index is 6.72. The van der Waals surface area contributed by atoms with E-state index in [9.17, 15) is 0 Å². The fourth-order valence-corrected chi connectivity index (χ4v) is 8.94. The number of hydrogen-bond acceptors (Lipinski definition) is 1. The molecule has 5 aromatic carbocycles. The summed E-state index contributed by atoms with van der Waals surface area (Å²) in [6, 6.07) is 38.2. The highest BCUT2D eigenvalue weighted by atomic mass is 35.5. The van der Waals surface area contributed by atoms with Gasteiger partial charge in [0.2, 0.25) is 0 Å². The minimum Gasteiger partial charge on any atom is -0.310 e. The Balaban J connectivity index is 1.41. The van der Waals surface area contributed by atoms with Gasteiger partial charge >= 0.3 is 0 Å². The van der Waals surface area contributed by atoms with Crippen molar-refractivity contribution in [1.29, 1.82) is 0 Å². The van der Waals surface area contributed by atoms with Crippen molar-refractivity contribution in [3.63, 3.8) is 0 Å². The van der Waals surface area contributed by atoms with Crippen LogP contribution < -0.4 is 4.90 Å². The third-order valence-corrected chi connectivity index (χ3v) is 11.6. The third-order valence-electron chi connectivity index (χ3n) is 11.4.